The highest BCUT2D eigenvalue weighted by Gasteiger charge is 2.40. The Kier molecular flexibility index (Phi) is 5.80. The number of hydrogen-bond donors (Lipinski definition) is 1. The molecule has 1 saturated heterocycles. The monoisotopic (exact) mass is 405 g/mol. The maximum Gasteiger partial charge on any atom is 0.225 e. The standard InChI is InChI=1S/C20H24FN3OS2/c1-26-23-17-9-10-24(20(25)14-3-2-4-14)18(17)11-16-12-27-19(22-16)13-5-7-15(21)8-6-13/h5-8,12,14,17-18,23H,2-4,9-11H2,1H3. The molecule has 1 aromatic heterocycles. The van der Waals surface area contributed by atoms with Crippen LogP contribution in [0.4, 0.5) is 4.39 Å². The van der Waals surface area contributed by atoms with Crippen molar-refractivity contribution in [3.63, 3.8) is 0 Å². The van der Waals surface area contributed by atoms with Crippen LogP contribution in [-0.2, 0) is 11.2 Å². The number of amides is 1. The van der Waals surface area contributed by atoms with Crippen LogP contribution in [0.25, 0.3) is 10.6 Å². The third kappa shape index (κ3) is 4.05. The van der Waals surface area contributed by atoms with E-state index in [2.05, 4.69) is 15.0 Å². The largest absolute Gasteiger partial charge is 0.337 e. The first-order valence-corrected chi connectivity index (χ1v) is 11.6. The zero-order valence-corrected chi connectivity index (χ0v) is 17.0. The van der Waals surface area contributed by atoms with Crippen LogP contribution < -0.4 is 4.72 Å². The number of halogens is 1. The summed E-state index contributed by atoms with van der Waals surface area (Å²) in [6.45, 7) is 0.827. The Hall–Kier alpha value is -1.44. The lowest BCUT2D eigenvalue weighted by atomic mass is 9.84. The van der Waals surface area contributed by atoms with E-state index < -0.39 is 0 Å². The van der Waals surface area contributed by atoms with E-state index in [1.165, 1.54) is 18.6 Å². The second-order valence-electron chi connectivity index (χ2n) is 7.30. The fraction of sp³-hybridized carbons (Fsp3) is 0.500. The number of aromatic nitrogens is 1. The summed E-state index contributed by atoms with van der Waals surface area (Å²) in [4.78, 5) is 19.7. The molecule has 4 rings (SSSR count). The highest BCUT2D eigenvalue weighted by molar-refractivity contribution is 7.96. The summed E-state index contributed by atoms with van der Waals surface area (Å²) in [5.41, 5.74) is 1.94. The summed E-state index contributed by atoms with van der Waals surface area (Å²) in [5, 5.41) is 2.97. The summed E-state index contributed by atoms with van der Waals surface area (Å²) in [7, 11) is 0. The van der Waals surface area contributed by atoms with Gasteiger partial charge >= 0.3 is 0 Å². The van der Waals surface area contributed by atoms with Gasteiger partial charge in [-0.25, -0.2) is 9.37 Å². The van der Waals surface area contributed by atoms with Gasteiger partial charge in [0.05, 0.1) is 11.7 Å². The average Bonchev–Trinajstić information content (AvgIpc) is 3.23. The molecular formula is C20H24FN3OS2. The zero-order chi connectivity index (χ0) is 18.8. The van der Waals surface area contributed by atoms with E-state index >= 15 is 0 Å². The van der Waals surface area contributed by atoms with Gasteiger partial charge in [-0.2, -0.15) is 0 Å². The third-order valence-corrected chi connectivity index (χ3v) is 7.09. The van der Waals surface area contributed by atoms with E-state index in [0.717, 1.165) is 48.5 Å². The lowest BCUT2D eigenvalue weighted by Crippen LogP contribution is -2.47. The molecule has 0 bridgehead atoms. The van der Waals surface area contributed by atoms with E-state index in [1.54, 1.807) is 35.4 Å². The lowest BCUT2D eigenvalue weighted by Gasteiger charge is -2.34. The van der Waals surface area contributed by atoms with Crippen LogP contribution in [0.1, 0.15) is 31.4 Å². The molecule has 0 radical (unpaired) electrons. The van der Waals surface area contributed by atoms with Gasteiger partial charge in [0.1, 0.15) is 10.8 Å². The summed E-state index contributed by atoms with van der Waals surface area (Å²) in [6.07, 6.45) is 7.02. The molecule has 1 aliphatic heterocycles. The van der Waals surface area contributed by atoms with Crippen molar-refractivity contribution in [3.05, 3.63) is 41.2 Å². The van der Waals surface area contributed by atoms with Crippen LogP contribution in [0.15, 0.2) is 29.6 Å². The molecule has 144 valence electrons. The van der Waals surface area contributed by atoms with E-state index in [9.17, 15) is 9.18 Å². The first kappa shape index (κ1) is 18.9. The topological polar surface area (TPSA) is 45.2 Å². The SMILES string of the molecule is CSNC1CCN(C(=O)C2CCC2)C1Cc1csc(-c2ccc(F)cc2)n1. The Morgan fingerprint density at radius 3 is 2.78 bits per heavy atom. The predicted molar refractivity (Wildman–Crippen MR) is 109 cm³/mol. The van der Waals surface area contributed by atoms with Crippen LogP contribution in [0.2, 0.25) is 0 Å². The third-order valence-electron chi connectivity index (χ3n) is 5.61. The van der Waals surface area contributed by atoms with Crippen LogP contribution in [0.5, 0.6) is 0 Å². The Morgan fingerprint density at radius 1 is 1.33 bits per heavy atom. The van der Waals surface area contributed by atoms with Gasteiger partial charge in [0.2, 0.25) is 5.91 Å². The molecule has 1 N–H and O–H groups in total. The molecule has 0 spiro atoms. The molecule has 2 aliphatic rings. The molecular weight excluding hydrogens is 381 g/mol. The first-order valence-electron chi connectivity index (χ1n) is 9.45. The Labute approximate surface area is 167 Å². The molecule has 2 fully saturated rings. The quantitative estimate of drug-likeness (QED) is 0.734. The van der Waals surface area contributed by atoms with Crippen LogP contribution in [-0.4, -0.2) is 40.7 Å². The maximum absolute atomic E-state index is 13.1. The first-order chi connectivity index (χ1) is 13.2. The fourth-order valence-electron chi connectivity index (χ4n) is 3.90. The average molecular weight is 406 g/mol. The van der Waals surface area contributed by atoms with Crippen LogP contribution >= 0.6 is 23.3 Å². The number of carbonyl (C=O) groups excluding carboxylic acids is 1. The van der Waals surface area contributed by atoms with Gasteiger partial charge in [0.25, 0.3) is 0 Å². The second-order valence-corrected chi connectivity index (χ2v) is 8.80. The Balaban J connectivity index is 1.50. The van der Waals surface area contributed by atoms with Crippen molar-refractivity contribution in [2.24, 2.45) is 5.92 Å². The Morgan fingerprint density at radius 2 is 2.11 bits per heavy atom. The molecule has 27 heavy (non-hydrogen) atoms. The molecule has 1 aliphatic carbocycles. The molecule has 2 aromatic rings. The molecule has 2 heterocycles. The fourth-order valence-corrected chi connectivity index (χ4v) is 5.31. The number of nitrogens with zero attached hydrogens (tertiary/aromatic N) is 2. The number of rotatable bonds is 6. The van der Waals surface area contributed by atoms with Crippen molar-refractivity contribution < 1.29 is 9.18 Å². The van der Waals surface area contributed by atoms with Crippen molar-refractivity contribution in [2.45, 2.75) is 44.2 Å². The van der Waals surface area contributed by atoms with Crippen LogP contribution in [0.3, 0.4) is 0 Å². The van der Waals surface area contributed by atoms with Gasteiger partial charge in [0.15, 0.2) is 0 Å². The van der Waals surface area contributed by atoms with E-state index in [-0.39, 0.29) is 17.8 Å². The number of hydrogen-bond acceptors (Lipinski definition) is 5. The van der Waals surface area contributed by atoms with Crippen molar-refractivity contribution >= 4 is 29.2 Å². The predicted octanol–water partition coefficient (Wildman–Crippen LogP) is 4.13. The Bertz CT molecular complexity index is 791. The van der Waals surface area contributed by atoms with E-state index in [4.69, 9.17) is 4.98 Å². The van der Waals surface area contributed by atoms with Gasteiger partial charge in [-0.15, -0.1) is 11.3 Å². The van der Waals surface area contributed by atoms with Gasteiger partial charge in [-0.3, -0.25) is 9.52 Å². The number of carbonyl (C=O) groups is 1. The molecule has 2 atom stereocenters. The summed E-state index contributed by atoms with van der Waals surface area (Å²) >= 11 is 3.19. The molecule has 1 aromatic carbocycles. The molecule has 1 amide bonds. The minimum Gasteiger partial charge on any atom is -0.337 e. The lowest BCUT2D eigenvalue weighted by molar-refractivity contribution is -0.139. The van der Waals surface area contributed by atoms with Crippen molar-refractivity contribution in [1.29, 1.82) is 0 Å². The summed E-state index contributed by atoms with van der Waals surface area (Å²) in [6, 6.07) is 6.89. The van der Waals surface area contributed by atoms with E-state index in [1.807, 2.05) is 6.26 Å². The maximum atomic E-state index is 13.1. The smallest absolute Gasteiger partial charge is 0.225 e. The van der Waals surface area contributed by atoms with E-state index in [0.29, 0.717) is 11.9 Å². The van der Waals surface area contributed by atoms with Gasteiger partial charge in [-0.05, 0) is 49.8 Å². The minimum absolute atomic E-state index is 0.147. The highest BCUT2D eigenvalue weighted by Crippen LogP contribution is 2.33. The zero-order valence-electron chi connectivity index (χ0n) is 15.4. The normalized spacial score (nSPS) is 22.8. The second kappa shape index (κ2) is 8.29. The minimum atomic E-state index is -0.238. The summed E-state index contributed by atoms with van der Waals surface area (Å²) in [5.74, 6) is 0.314. The van der Waals surface area contributed by atoms with Crippen molar-refractivity contribution in [2.75, 3.05) is 12.8 Å². The number of nitrogens with one attached hydrogen (secondary N) is 1. The molecule has 1 saturated carbocycles. The van der Waals surface area contributed by atoms with Crippen molar-refractivity contribution in [3.8, 4) is 10.6 Å². The molecule has 4 nitrogen and oxygen atoms in total. The summed E-state index contributed by atoms with van der Waals surface area (Å²) < 4.78 is 16.6. The number of thiazole rings is 1. The van der Waals surface area contributed by atoms with Crippen LogP contribution in [0, 0.1) is 11.7 Å². The van der Waals surface area contributed by atoms with Crippen molar-refractivity contribution in [1.82, 2.24) is 14.6 Å². The van der Waals surface area contributed by atoms with Gasteiger partial charge in [0, 0.05) is 35.9 Å². The van der Waals surface area contributed by atoms with Gasteiger partial charge < -0.3 is 4.90 Å². The molecule has 2 unspecified atom stereocenters. The number of benzene rings is 1. The van der Waals surface area contributed by atoms with Gasteiger partial charge in [-0.1, -0.05) is 18.4 Å². The number of likely N-dealkylation sites (tertiary alicyclic amines) is 1. The molecule has 7 heteroatoms. The highest BCUT2D eigenvalue weighted by atomic mass is 32.2.